The van der Waals surface area contributed by atoms with Gasteiger partial charge in [0, 0.05) is 6.42 Å². The molecule has 0 aromatic heterocycles. The van der Waals surface area contributed by atoms with Crippen LogP contribution in [0.1, 0.15) is 277 Å². The lowest BCUT2D eigenvalue weighted by Crippen LogP contribution is -2.60. The number of nitrogens with one attached hydrogen (secondary N) is 1. The van der Waals surface area contributed by atoms with Crippen LogP contribution in [0.5, 0.6) is 0 Å². The third-order valence-corrected chi connectivity index (χ3v) is 15.5. The summed E-state index contributed by atoms with van der Waals surface area (Å²) < 4.78 is 11.3. The van der Waals surface area contributed by atoms with Gasteiger partial charge in [-0.25, -0.2) is 0 Å². The maximum Gasteiger partial charge on any atom is 0.220 e. The number of hydrogen-bond acceptors (Lipinski definition) is 8. The smallest absolute Gasteiger partial charge is 0.220 e. The second-order valence-corrected chi connectivity index (χ2v) is 23.2. The van der Waals surface area contributed by atoms with E-state index in [1.54, 1.807) is 6.08 Å². The molecule has 0 aromatic carbocycles. The summed E-state index contributed by atoms with van der Waals surface area (Å²) >= 11 is 0. The molecule has 0 radical (unpaired) electrons. The molecule has 0 aromatic rings. The van der Waals surface area contributed by atoms with Gasteiger partial charge in [0.2, 0.25) is 5.91 Å². The summed E-state index contributed by atoms with van der Waals surface area (Å²) in [5.74, 6) is -0.204. The van der Waals surface area contributed by atoms with Crippen molar-refractivity contribution in [1.82, 2.24) is 5.32 Å². The van der Waals surface area contributed by atoms with Gasteiger partial charge in [-0.2, -0.15) is 0 Å². The molecule has 6 N–H and O–H groups in total. The summed E-state index contributed by atoms with van der Waals surface area (Å²) in [4.78, 5) is 13.1. The van der Waals surface area contributed by atoms with E-state index in [0.717, 1.165) is 116 Å². The lowest BCUT2D eigenvalue weighted by molar-refractivity contribution is -0.302. The lowest BCUT2D eigenvalue weighted by Gasteiger charge is -2.40. The predicted molar refractivity (Wildman–Crippen MR) is 359 cm³/mol. The number of allylic oxidation sites excluding steroid dienone is 21. The molecule has 9 heteroatoms. The molecular formula is C75H127NO8. The number of amides is 1. The Kier molecular flexibility index (Phi) is 58.2. The Bertz CT molecular complexity index is 1790. The summed E-state index contributed by atoms with van der Waals surface area (Å²) in [7, 11) is 0. The fourth-order valence-corrected chi connectivity index (χ4v) is 10.1. The van der Waals surface area contributed by atoms with Gasteiger partial charge in [0.15, 0.2) is 6.29 Å². The normalized spacial score (nSPS) is 19.1. The zero-order valence-corrected chi connectivity index (χ0v) is 53.6. The Morgan fingerprint density at radius 2 is 0.738 bits per heavy atom. The summed E-state index contributed by atoms with van der Waals surface area (Å²) in [6.07, 6.45) is 88.2. The van der Waals surface area contributed by atoms with Crippen LogP contribution < -0.4 is 5.32 Å². The topological polar surface area (TPSA) is 149 Å². The van der Waals surface area contributed by atoms with E-state index in [4.69, 9.17) is 9.47 Å². The van der Waals surface area contributed by atoms with Gasteiger partial charge in [0.25, 0.3) is 0 Å². The lowest BCUT2D eigenvalue weighted by atomic mass is 9.99. The highest BCUT2D eigenvalue weighted by atomic mass is 16.7. The number of unbranched alkanes of at least 4 members (excludes halogenated alkanes) is 28. The standard InChI is InChI=1S/C75H127NO8/c1-3-5-7-9-11-13-15-17-19-21-23-25-27-29-31-32-33-34-35-36-37-38-39-41-43-45-47-49-51-53-55-57-59-61-63-65-71(79)76-68(67-83-75-74(82)73(81)72(80)70(66-77)84-75)69(78)64-62-60-58-56-54-52-50-48-46-44-42-40-30-28-26-24-22-20-18-16-14-12-10-8-6-4-2/h5,7,11,13,17,19,23,25,29,31,33-34,36-37,39,41,45,47,51,53,62,64,68-70,72-75,77-78,80-82H,3-4,6,8-10,12,14-16,18,20-22,24,26-28,30,32,35,38,40,42-44,46,48-50,52,54-61,63,65-67H2,1-2H3,(H,76,79)/b7-5-,13-11-,19-17-,25-23-,31-29-,34-33-,37-36-,41-39-,47-45-,53-51-,64-62+. The Balaban J connectivity index is 2.21. The van der Waals surface area contributed by atoms with Crippen molar-refractivity contribution in [2.24, 2.45) is 0 Å². The average molecular weight is 1170 g/mol. The minimum absolute atomic E-state index is 0.204. The predicted octanol–water partition coefficient (Wildman–Crippen LogP) is 18.8. The monoisotopic (exact) mass is 1170 g/mol. The third-order valence-electron chi connectivity index (χ3n) is 15.5. The molecule has 0 aliphatic carbocycles. The zero-order chi connectivity index (χ0) is 60.7. The van der Waals surface area contributed by atoms with Gasteiger partial charge in [-0.05, 0) is 96.3 Å². The molecule has 1 amide bonds. The first-order chi connectivity index (χ1) is 41.3. The van der Waals surface area contributed by atoms with Crippen LogP contribution in [0.25, 0.3) is 0 Å². The molecule has 1 aliphatic rings. The maximum atomic E-state index is 13.1. The first-order valence-electron chi connectivity index (χ1n) is 34.4. The molecule has 0 saturated carbocycles. The third kappa shape index (κ3) is 50.5. The number of carbonyl (C=O) groups excluding carboxylic acids is 1. The van der Waals surface area contributed by atoms with Crippen LogP contribution in [-0.2, 0) is 14.3 Å². The fourth-order valence-electron chi connectivity index (χ4n) is 10.1. The maximum absolute atomic E-state index is 13.1. The van der Waals surface area contributed by atoms with Crippen LogP contribution in [0.2, 0.25) is 0 Å². The SMILES string of the molecule is CC/C=C\C/C=C\C/C=C\C/C=C\C/C=C\C/C=C\C/C=C\C/C=C\C/C=C\C/C=C\CCCCCCC(=O)NC(COC1OC(CO)C(O)C(O)C1O)C(O)/C=C/CCCCCCCCCCCCCCCCCCCCCCCCCC. The summed E-state index contributed by atoms with van der Waals surface area (Å²) in [5, 5.41) is 54.7. The van der Waals surface area contributed by atoms with Gasteiger partial charge in [-0.15, -0.1) is 0 Å². The second kappa shape index (κ2) is 62.4. The fraction of sp³-hybridized carbons (Fsp3) is 0.693. The number of rotatable bonds is 58. The molecule has 1 aliphatic heterocycles. The zero-order valence-electron chi connectivity index (χ0n) is 53.6. The molecule has 480 valence electrons. The van der Waals surface area contributed by atoms with E-state index in [1.807, 2.05) is 6.08 Å². The van der Waals surface area contributed by atoms with E-state index in [0.29, 0.717) is 6.42 Å². The number of aliphatic hydroxyl groups excluding tert-OH is 5. The van der Waals surface area contributed by atoms with Crippen LogP contribution in [0.15, 0.2) is 134 Å². The van der Waals surface area contributed by atoms with Gasteiger partial charge < -0.3 is 40.3 Å². The van der Waals surface area contributed by atoms with E-state index < -0.39 is 49.5 Å². The van der Waals surface area contributed by atoms with Crippen molar-refractivity contribution in [2.45, 2.75) is 320 Å². The molecule has 0 bridgehead atoms. The van der Waals surface area contributed by atoms with Crippen molar-refractivity contribution in [3.63, 3.8) is 0 Å². The van der Waals surface area contributed by atoms with Crippen LogP contribution in [0, 0.1) is 0 Å². The Morgan fingerprint density at radius 3 is 1.10 bits per heavy atom. The highest BCUT2D eigenvalue weighted by Gasteiger charge is 2.44. The molecule has 0 spiro atoms. The van der Waals surface area contributed by atoms with Crippen LogP contribution in [0.4, 0.5) is 0 Å². The minimum Gasteiger partial charge on any atom is -0.394 e. The second-order valence-electron chi connectivity index (χ2n) is 23.2. The van der Waals surface area contributed by atoms with Crippen LogP contribution in [0.3, 0.4) is 0 Å². The number of aliphatic hydroxyl groups is 5. The molecule has 9 nitrogen and oxygen atoms in total. The van der Waals surface area contributed by atoms with Gasteiger partial charge in [-0.3, -0.25) is 4.79 Å². The van der Waals surface area contributed by atoms with Crippen molar-refractivity contribution >= 4 is 5.91 Å². The van der Waals surface area contributed by atoms with Gasteiger partial charge in [-0.1, -0.05) is 308 Å². The van der Waals surface area contributed by atoms with Crippen molar-refractivity contribution < 1.29 is 39.8 Å². The van der Waals surface area contributed by atoms with Crippen molar-refractivity contribution in [1.29, 1.82) is 0 Å². The van der Waals surface area contributed by atoms with Gasteiger partial charge in [0.05, 0.1) is 25.4 Å². The van der Waals surface area contributed by atoms with Crippen LogP contribution in [-0.4, -0.2) is 87.5 Å². The molecule has 7 atom stereocenters. The molecule has 84 heavy (non-hydrogen) atoms. The largest absolute Gasteiger partial charge is 0.394 e. The molecule has 1 fully saturated rings. The number of carbonyl (C=O) groups is 1. The van der Waals surface area contributed by atoms with Crippen molar-refractivity contribution in [3.8, 4) is 0 Å². The van der Waals surface area contributed by atoms with Gasteiger partial charge in [0.1, 0.15) is 24.4 Å². The van der Waals surface area contributed by atoms with E-state index >= 15 is 0 Å². The molecule has 7 unspecified atom stereocenters. The van der Waals surface area contributed by atoms with E-state index in [2.05, 4.69) is 141 Å². The Hall–Kier alpha value is -3.67. The quantitative estimate of drug-likeness (QED) is 0.0261. The number of hydrogen-bond donors (Lipinski definition) is 6. The van der Waals surface area contributed by atoms with Gasteiger partial charge >= 0.3 is 0 Å². The summed E-state index contributed by atoms with van der Waals surface area (Å²) in [5.41, 5.74) is 0. The summed E-state index contributed by atoms with van der Waals surface area (Å²) in [6, 6.07) is -0.831. The van der Waals surface area contributed by atoms with E-state index in [9.17, 15) is 30.3 Å². The average Bonchev–Trinajstić information content (AvgIpc) is 3.70. The molecule has 1 saturated heterocycles. The summed E-state index contributed by atoms with van der Waals surface area (Å²) in [6.45, 7) is 3.67. The first-order valence-corrected chi connectivity index (χ1v) is 34.4. The van der Waals surface area contributed by atoms with E-state index in [-0.39, 0.29) is 12.5 Å². The van der Waals surface area contributed by atoms with Crippen LogP contribution >= 0.6 is 0 Å². The molecular weight excluding hydrogens is 1040 g/mol. The Morgan fingerprint density at radius 1 is 0.417 bits per heavy atom. The highest BCUT2D eigenvalue weighted by Crippen LogP contribution is 2.23. The first kappa shape index (κ1) is 78.3. The Labute approximate surface area is 515 Å². The molecule has 1 heterocycles. The number of ether oxygens (including phenoxy) is 2. The van der Waals surface area contributed by atoms with Crippen molar-refractivity contribution in [3.05, 3.63) is 134 Å². The highest BCUT2D eigenvalue weighted by molar-refractivity contribution is 5.76. The molecule has 1 rings (SSSR count). The van der Waals surface area contributed by atoms with E-state index in [1.165, 1.54) is 141 Å². The van der Waals surface area contributed by atoms with Crippen molar-refractivity contribution in [2.75, 3.05) is 13.2 Å². The minimum atomic E-state index is -1.58.